The summed E-state index contributed by atoms with van der Waals surface area (Å²) in [6.45, 7) is 7.76. The van der Waals surface area contributed by atoms with Gasteiger partial charge in [0, 0.05) is 86.2 Å². The second-order valence-electron chi connectivity index (χ2n) is 10.9. The highest BCUT2D eigenvalue weighted by Gasteiger charge is 2.26. The largest absolute Gasteiger partial charge is 0.489 e. The van der Waals surface area contributed by atoms with E-state index in [9.17, 15) is 15.2 Å². The van der Waals surface area contributed by atoms with Crippen molar-refractivity contribution in [2.75, 3.05) is 45.9 Å². The van der Waals surface area contributed by atoms with E-state index in [0.29, 0.717) is 37.2 Å². The number of carbonyl (C=O) groups is 1. The molecule has 2 aliphatic heterocycles. The lowest BCUT2D eigenvalue weighted by atomic mass is 10.0. The Bertz CT molecular complexity index is 1590. The van der Waals surface area contributed by atoms with Gasteiger partial charge in [-0.05, 0) is 30.7 Å². The van der Waals surface area contributed by atoms with Gasteiger partial charge in [0.1, 0.15) is 29.7 Å². The average molecular weight is 570 g/mol. The number of H-pyrrole nitrogens is 1. The maximum atomic E-state index is 12.1. The molecule has 3 aromatic heterocycles. The van der Waals surface area contributed by atoms with Gasteiger partial charge in [-0.2, -0.15) is 10.4 Å². The van der Waals surface area contributed by atoms with Crippen LogP contribution in [-0.2, 0) is 16.1 Å². The normalized spacial score (nSPS) is 17.3. The minimum absolute atomic E-state index is 0.101. The molecule has 0 bridgehead atoms. The summed E-state index contributed by atoms with van der Waals surface area (Å²) >= 11 is 0. The quantitative estimate of drug-likeness (QED) is 0.331. The van der Waals surface area contributed by atoms with Crippen molar-refractivity contribution < 1.29 is 19.4 Å². The fraction of sp³-hybridized carbons (Fsp3) is 0.419. The zero-order chi connectivity index (χ0) is 29.1. The first kappa shape index (κ1) is 27.9. The number of amides is 1. The van der Waals surface area contributed by atoms with Crippen LogP contribution < -0.4 is 4.74 Å². The number of rotatable bonds is 8. The highest BCUT2D eigenvalue weighted by Crippen LogP contribution is 2.34. The average Bonchev–Trinajstić information content (AvgIpc) is 3.68. The number of aliphatic hydroxyl groups excluding tert-OH is 1. The molecule has 1 atom stereocenters. The van der Waals surface area contributed by atoms with Crippen LogP contribution in [0.15, 0.2) is 49.1 Å². The van der Waals surface area contributed by atoms with Crippen LogP contribution in [0.3, 0.4) is 0 Å². The van der Waals surface area contributed by atoms with Crippen LogP contribution in [0.1, 0.15) is 25.3 Å². The van der Waals surface area contributed by atoms with Crippen LogP contribution in [0, 0.1) is 11.3 Å². The van der Waals surface area contributed by atoms with Gasteiger partial charge in [0.05, 0.1) is 31.5 Å². The van der Waals surface area contributed by atoms with Gasteiger partial charge in [-0.25, -0.2) is 4.98 Å². The van der Waals surface area contributed by atoms with E-state index < -0.39 is 6.10 Å². The molecule has 5 heterocycles. The van der Waals surface area contributed by atoms with E-state index in [0.717, 1.165) is 72.7 Å². The number of benzene rings is 1. The fourth-order valence-electron chi connectivity index (χ4n) is 5.63. The third-order valence-corrected chi connectivity index (χ3v) is 8.06. The molecule has 0 saturated carbocycles. The number of nitrogens with zero attached hydrogens (tertiary/aromatic N) is 6. The zero-order valence-corrected chi connectivity index (χ0v) is 23.7. The second-order valence-corrected chi connectivity index (χ2v) is 10.9. The van der Waals surface area contributed by atoms with Crippen molar-refractivity contribution in [3.8, 4) is 34.1 Å². The summed E-state index contributed by atoms with van der Waals surface area (Å²) in [6.07, 6.45) is 7.88. The van der Waals surface area contributed by atoms with Crippen molar-refractivity contribution in [2.24, 2.45) is 0 Å². The molecule has 11 nitrogen and oxygen atoms in total. The number of hydrogen-bond acceptors (Lipinski definition) is 8. The number of aromatic nitrogens is 4. The van der Waals surface area contributed by atoms with E-state index in [4.69, 9.17) is 9.47 Å². The molecule has 1 aromatic carbocycles. The van der Waals surface area contributed by atoms with Crippen molar-refractivity contribution in [2.45, 2.75) is 38.5 Å². The van der Waals surface area contributed by atoms with Crippen molar-refractivity contribution >= 4 is 16.9 Å². The first-order valence-corrected chi connectivity index (χ1v) is 14.5. The van der Waals surface area contributed by atoms with Crippen molar-refractivity contribution in [1.29, 1.82) is 5.26 Å². The molecule has 2 fully saturated rings. The number of likely N-dealkylation sites (tertiary alicyclic amines) is 1. The molecular weight excluding hydrogens is 534 g/mol. The Morgan fingerprint density at radius 3 is 2.71 bits per heavy atom. The number of pyridine rings is 1. The molecule has 0 spiro atoms. The standard InChI is InChI=1S/C31H35N7O4/c1-21(39)31(40)37-6-4-26(5-7-37)42-29-3-2-22(14-23(29)16-32)28-19-34-30-27(28)15-24(17-33-30)25-18-35-38(20-25)9-8-36-10-12-41-13-11-36/h2-3,14-15,17-21,26,39H,4-13H2,1H3,(H,33,34). The van der Waals surface area contributed by atoms with Gasteiger partial charge < -0.3 is 24.5 Å². The highest BCUT2D eigenvalue weighted by molar-refractivity contribution is 5.96. The highest BCUT2D eigenvalue weighted by atomic mass is 16.5. The Morgan fingerprint density at radius 1 is 1.14 bits per heavy atom. The minimum atomic E-state index is -1.00. The van der Waals surface area contributed by atoms with Gasteiger partial charge in [-0.3, -0.25) is 14.4 Å². The molecule has 2 N–H and O–H groups in total. The molecule has 1 unspecified atom stereocenters. The molecule has 4 aromatic rings. The molecule has 0 aliphatic carbocycles. The van der Waals surface area contributed by atoms with Crippen LogP contribution in [0.5, 0.6) is 5.75 Å². The van der Waals surface area contributed by atoms with Gasteiger partial charge in [-0.1, -0.05) is 6.07 Å². The summed E-state index contributed by atoms with van der Waals surface area (Å²) in [7, 11) is 0. The van der Waals surface area contributed by atoms with Crippen LogP contribution in [-0.4, -0.2) is 98.7 Å². The van der Waals surface area contributed by atoms with E-state index in [2.05, 4.69) is 38.3 Å². The van der Waals surface area contributed by atoms with Crippen molar-refractivity contribution in [1.82, 2.24) is 29.5 Å². The Balaban J connectivity index is 1.16. The summed E-state index contributed by atoms with van der Waals surface area (Å²) in [5.74, 6) is 0.272. The van der Waals surface area contributed by atoms with Crippen LogP contribution in [0.4, 0.5) is 0 Å². The number of hydrogen-bond donors (Lipinski definition) is 2. The maximum absolute atomic E-state index is 12.1. The monoisotopic (exact) mass is 569 g/mol. The van der Waals surface area contributed by atoms with E-state index in [1.165, 1.54) is 6.92 Å². The number of aromatic amines is 1. The number of aliphatic hydroxyl groups is 1. The summed E-state index contributed by atoms with van der Waals surface area (Å²) in [5.41, 5.74) is 5.04. The van der Waals surface area contributed by atoms with Crippen LogP contribution >= 0.6 is 0 Å². The molecule has 2 saturated heterocycles. The topological polar surface area (TPSA) is 133 Å². The Labute approximate surface area is 244 Å². The maximum Gasteiger partial charge on any atom is 0.251 e. The summed E-state index contributed by atoms with van der Waals surface area (Å²) in [5, 5.41) is 25.0. The second kappa shape index (κ2) is 12.3. The van der Waals surface area contributed by atoms with Gasteiger partial charge in [-0.15, -0.1) is 0 Å². The number of nitrogens with one attached hydrogen (secondary N) is 1. The number of ether oxygens (including phenoxy) is 2. The van der Waals surface area contributed by atoms with Crippen molar-refractivity contribution in [3.05, 3.63) is 54.6 Å². The number of morpholine rings is 1. The SMILES string of the molecule is CC(O)C(=O)N1CCC(Oc2ccc(-c3c[nH]c4ncc(-c5cnn(CCN6CCOCC6)c5)cc34)cc2C#N)CC1. The number of fused-ring (bicyclic) bond motifs is 1. The van der Waals surface area contributed by atoms with Gasteiger partial charge in [0.15, 0.2) is 0 Å². The number of carbonyl (C=O) groups excluding carboxylic acids is 1. The summed E-state index contributed by atoms with van der Waals surface area (Å²) < 4.78 is 13.6. The number of piperidine rings is 1. The minimum Gasteiger partial charge on any atom is -0.489 e. The van der Waals surface area contributed by atoms with Gasteiger partial charge in [0.2, 0.25) is 0 Å². The lowest BCUT2D eigenvalue weighted by Gasteiger charge is -2.33. The fourth-order valence-corrected chi connectivity index (χ4v) is 5.63. The van der Waals surface area contributed by atoms with E-state index in [-0.39, 0.29) is 12.0 Å². The van der Waals surface area contributed by atoms with E-state index in [1.54, 1.807) is 4.90 Å². The van der Waals surface area contributed by atoms with Crippen LogP contribution in [0.25, 0.3) is 33.3 Å². The van der Waals surface area contributed by atoms with Gasteiger partial charge >= 0.3 is 0 Å². The predicted molar refractivity (Wildman–Crippen MR) is 157 cm³/mol. The molecule has 42 heavy (non-hydrogen) atoms. The van der Waals surface area contributed by atoms with Gasteiger partial charge in [0.25, 0.3) is 5.91 Å². The molecular formula is C31H35N7O4. The lowest BCUT2D eigenvalue weighted by Crippen LogP contribution is -2.45. The molecule has 2 aliphatic rings. The molecule has 218 valence electrons. The molecule has 1 amide bonds. The third kappa shape index (κ3) is 6.01. The first-order valence-electron chi connectivity index (χ1n) is 14.5. The summed E-state index contributed by atoms with van der Waals surface area (Å²) in [6, 6.07) is 10.0. The van der Waals surface area contributed by atoms with Crippen molar-refractivity contribution in [3.63, 3.8) is 0 Å². The number of nitriles is 1. The Morgan fingerprint density at radius 2 is 1.95 bits per heavy atom. The predicted octanol–water partition coefficient (Wildman–Crippen LogP) is 3.05. The Hall–Kier alpha value is -4.24. The Kier molecular flexibility index (Phi) is 8.19. The zero-order valence-electron chi connectivity index (χ0n) is 23.7. The molecule has 0 radical (unpaired) electrons. The third-order valence-electron chi connectivity index (χ3n) is 8.06. The smallest absolute Gasteiger partial charge is 0.251 e. The molecule has 11 heteroatoms. The lowest BCUT2D eigenvalue weighted by molar-refractivity contribution is -0.141. The van der Waals surface area contributed by atoms with Crippen LogP contribution in [0.2, 0.25) is 0 Å². The summed E-state index contributed by atoms with van der Waals surface area (Å²) in [4.78, 5) is 24.0. The first-order chi connectivity index (χ1) is 20.5. The van der Waals surface area contributed by atoms with E-state index in [1.807, 2.05) is 41.5 Å². The molecule has 6 rings (SSSR count). The van der Waals surface area contributed by atoms with E-state index >= 15 is 0 Å².